The van der Waals surface area contributed by atoms with Gasteiger partial charge in [0.1, 0.15) is 5.69 Å². The minimum absolute atomic E-state index is 0.218. The van der Waals surface area contributed by atoms with Crippen LogP contribution in [0.15, 0.2) is 66.9 Å². The summed E-state index contributed by atoms with van der Waals surface area (Å²) in [6.45, 7) is 4.76. The Kier molecular flexibility index (Phi) is 5.09. The number of nitrogens with one attached hydrogen (secondary N) is 2. The number of rotatable bonds is 5. The molecular weight excluding hydrogens is 310 g/mol. The molecule has 4 nitrogen and oxygen atoms in total. The number of amides is 1. The van der Waals surface area contributed by atoms with Crippen LogP contribution in [0.25, 0.3) is 0 Å². The predicted molar refractivity (Wildman–Crippen MR) is 102 cm³/mol. The standard InChI is InChI=1S/C21H21N3O/c1-15-6-8-17(9-7-15)14-23-18-10-11-22-20(13-18)21(25)24-19-5-3-4-16(2)12-19/h3-13H,14H2,1-2H3,(H,22,23)(H,24,25). The number of anilines is 2. The topological polar surface area (TPSA) is 54.0 Å². The van der Waals surface area contributed by atoms with Gasteiger partial charge in [-0.1, -0.05) is 42.0 Å². The van der Waals surface area contributed by atoms with Crippen molar-refractivity contribution >= 4 is 17.3 Å². The van der Waals surface area contributed by atoms with Crippen molar-refractivity contribution in [1.29, 1.82) is 0 Å². The van der Waals surface area contributed by atoms with Crippen LogP contribution in [-0.4, -0.2) is 10.9 Å². The molecule has 1 amide bonds. The summed E-state index contributed by atoms with van der Waals surface area (Å²) < 4.78 is 0. The maximum absolute atomic E-state index is 12.4. The molecular formula is C21H21N3O. The van der Waals surface area contributed by atoms with E-state index >= 15 is 0 Å². The molecule has 2 aromatic carbocycles. The predicted octanol–water partition coefficient (Wildman–Crippen LogP) is 4.56. The van der Waals surface area contributed by atoms with Gasteiger partial charge in [0.15, 0.2) is 0 Å². The van der Waals surface area contributed by atoms with Gasteiger partial charge >= 0.3 is 0 Å². The highest BCUT2D eigenvalue weighted by molar-refractivity contribution is 6.03. The molecule has 0 radical (unpaired) electrons. The molecule has 3 aromatic rings. The normalized spacial score (nSPS) is 10.3. The van der Waals surface area contributed by atoms with Crippen LogP contribution in [0.2, 0.25) is 0 Å². The van der Waals surface area contributed by atoms with Crippen molar-refractivity contribution in [2.45, 2.75) is 20.4 Å². The molecule has 0 bridgehead atoms. The SMILES string of the molecule is Cc1ccc(CNc2ccnc(C(=O)Nc3cccc(C)c3)c2)cc1. The van der Waals surface area contributed by atoms with Gasteiger partial charge in [-0.3, -0.25) is 9.78 Å². The summed E-state index contributed by atoms with van der Waals surface area (Å²) in [5.74, 6) is -0.218. The molecule has 126 valence electrons. The van der Waals surface area contributed by atoms with E-state index < -0.39 is 0 Å². The highest BCUT2D eigenvalue weighted by Gasteiger charge is 2.08. The highest BCUT2D eigenvalue weighted by atomic mass is 16.1. The van der Waals surface area contributed by atoms with Crippen LogP contribution in [0.3, 0.4) is 0 Å². The quantitative estimate of drug-likeness (QED) is 0.720. The monoisotopic (exact) mass is 331 g/mol. The van der Waals surface area contributed by atoms with Crippen molar-refractivity contribution in [3.05, 3.63) is 89.2 Å². The summed E-state index contributed by atoms with van der Waals surface area (Å²) in [7, 11) is 0. The zero-order chi connectivity index (χ0) is 17.6. The summed E-state index contributed by atoms with van der Waals surface area (Å²) in [4.78, 5) is 16.6. The van der Waals surface area contributed by atoms with E-state index in [0.29, 0.717) is 12.2 Å². The van der Waals surface area contributed by atoms with Crippen LogP contribution in [0.1, 0.15) is 27.2 Å². The van der Waals surface area contributed by atoms with Crippen LogP contribution in [0.4, 0.5) is 11.4 Å². The number of nitrogens with zero attached hydrogens (tertiary/aromatic N) is 1. The Hall–Kier alpha value is -3.14. The number of carbonyl (C=O) groups is 1. The van der Waals surface area contributed by atoms with Gasteiger partial charge in [0, 0.05) is 24.1 Å². The van der Waals surface area contributed by atoms with Gasteiger partial charge in [-0.25, -0.2) is 0 Å². The first kappa shape index (κ1) is 16.7. The maximum atomic E-state index is 12.4. The van der Waals surface area contributed by atoms with E-state index in [9.17, 15) is 4.79 Å². The number of aromatic nitrogens is 1. The van der Waals surface area contributed by atoms with E-state index in [4.69, 9.17) is 0 Å². The van der Waals surface area contributed by atoms with Crippen LogP contribution < -0.4 is 10.6 Å². The molecule has 2 N–H and O–H groups in total. The zero-order valence-corrected chi connectivity index (χ0v) is 14.4. The minimum atomic E-state index is -0.218. The van der Waals surface area contributed by atoms with Crippen LogP contribution in [-0.2, 0) is 6.54 Å². The number of hydrogen-bond donors (Lipinski definition) is 2. The summed E-state index contributed by atoms with van der Waals surface area (Å²) in [5, 5.41) is 6.21. The Morgan fingerprint density at radius 1 is 0.920 bits per heavy atom. The fourth-order valence-corrected chi connectivity index (χ4v) is 2.49. The number of carbonyl (C=O) groups excluding carboxylic acids is 1. The van der Waals surface area contributed by atoms with E-state index in [0.717, 1.165) is 16.9 Å². The first-order chi connectivity index (χ1) is 12.1. The van der Waals surface area contributed by atoms with Crippen molar-refractivity contribution in [3.63, 3.8) is 0 Å². The van der Waals surface area contributed by atoms with E-state index in [2.05, 4.69) is 46.8 Å². The molecule has 0 unspecified atom stereocenters. The van der Waals surface area contributed by atoms with Crippen molar-refractivity contribution in [2.24, 2.45) is 0 Å². The smallest absolute Gasteiger partial charge is 0.274 e. The molecule has 0 spiro atoms. The van der Waals surface area contributed by atoms with Gasteiger partial charge in [-0.05, 0) is 49.2 Å². The van der Waals surface area contributed by atoms with Gasteiger partial charge in [0.2, 0.25) is 0 Å². The fourth-order valence-electron chi connectivity index (χ4n) is 2.49. The van der Waals surface area contributed by atoms with Crippen LogP contribution >= 0.6 is 0 Å². The molecule has 0 atom stereocenters. The van der Waals surface area contributed by atoms with E-state index in [1.54, 1.807) is 12.3 Å². The average molecular weight is 331 g/mol. The highest BCUT2D eigenvalue weighted by Crippen LogP contribution is 2.14. The van der Waals surface area contributed by atoms with Gasteiger partial charge in [0.25, 0.3) is 5.91 Å². The van der Waals surface area contributed by atoms with Gasteiger partial charge in [-0.2, -0.15) is 0 Å². The molecule has 25 heavy (non-hydrogen) atoms. The van der Waals surface area contributed by atoms with Crippen LogP contribution in [0.5, 0.6) is 0 Å². The molecule has 1 aromatic heterocycles. The molecule has 0 saturated heterocycles. The number of pyridine rings is 1. The molecule has 1 heterocycles. The van der Waals surface area contributed by atoms with Crippen LogP contribution in [0, 0.1) is 13.8 Å². The van der Waals surface area contributed by atoms with Gasteiger partial charge in [0.05, 0.1) is 0 Å². The maximum Gasteiger partial charge on any atom is 0.274 e. The average Bonchev–Trinajstić information content (AvgIpc) is 2.61. The largest absolute Gasteiger partial charge is 0.381 e. The van der Waals surface area contributed by atoms with Crippen molar-refractivity contribution in [3.8, 4) is 0 Å². The lowest BCUT2D eigenvalue weighted by Gasteiger charge is -2.09. The Labute approximate surface area is 147 Å². The van der Waals surface area contributed by atoms with Crippen molar-refractivity contribution in [2.75, 3.05) is 10.6 Å². The van der Waals surface area contributed by atoms with Crippen molar-refractivity contribution in [1.82, 2.24) is 4.98 Å². The molecule has 0 aliphatic heterocycles. The molecule has 0 saturated carbocycles. The molecule has 3 rings (SSSR count). The molecule has 0 aliphatic rings. The summed E-state index contributed by atoms with van der Waals surface area (Å²) in [6.07, 6.45) is 1.64. The minimum Gasteiger partial charge on any atom is -0.381 e. The first-order valence-corrected chi connectivity index (χ1v) is 8.24. The zero-order valence-electron chi connectivity index (χ0n) is 14.4. The third-order valence-corrected chi connectivity index (χ3v) is 3.89. The Morgan fingerprint density at radius 3 is 2.48 bits per heavy atom. The summed E-state index contributed by atoms with van der Waals surface area (Å²) in [5.41, 5.74) is 5.54. The lowest BCUT2D eigenvalue weighted by atomic mass is 10.1. The van der Waals surface area contributed by atoms with E-state index in [1.807, 2.05) is 37.3 Å². The Balaban J connectivity index is 1.66. The Morgan fingerprint density at radius 2 is 1.72 bits per heavy atom. The second kappa shape index (κ2) is 7.62. The Bertz CT molecular complexity index is 872. The molecule has 0 aliphatic carbocycles. The van der Waals surface area contributed by atoms with Crippen molar-refractivity contribution < 1.29 is 4.79 Å². The van der Waals surface area contributed by atoms with E-state index in [-0.39, 0.29) is 5.91 Å². The summed E-state index contributed by atoms with van der Waals surface area (Å²) in [6, 6.07) is 19.7. The number of benzene rings is 2. The second-order valence-electron chi connectivity index (χ2n) is 6.09. The van der Waals surface area contributed by atoms with E-state index in [1.165, 1.54) is 11.1 Å². The lowest BCUT2D eigenvalue weighted by Crippen LogP contribution is -2.14. The number of aryl methyl sites for hydroxylation is 2. The molecule has 0 fully saturated rings. The first-order valence-electron chi connectivity index (χ1n) is 8.24. The third-order valence-electron chi connectivity index (χ3n) is 3.89. The second-order valence-corrected chi connectivity index (χ2v) is 6.09. The van der Waals surface area contributed by atoms with Gasteiger partial charge < -0.3 is 10.6 Å². The van der Waals surface area contributed by atoms with Gasteiger partial charge in [-0.15, -0.1) is 0 Å². The lowest BCUT2D eigenvalue weighted by molar-refractivity contribution is 0.102. The fraction of sp³-hybridized carbons (Fsp3) is 0.143. The summed E-state index contributed by atoms with van der Waals surface area (Å²) >= 11 is 0. The third kappa shape index (κ3) is 4.67. The molecule has 4 heteroatoms. The number of hydrogen-bond acceptors (Lipinski definition) is 3.